The maximum atomic E-state index is 11.7. The van der Waals surface area contributed by atoms with Crippen LogP contribution in [0.3, 0.4) is 0 Å². The van der Waals surface area contributed by atoms with Gasteiger partial charge in [-0.3, -0.25) is 4.79 Å². The van der Waals surface area contributed by atoms with Crippen LogP contribution in [0.5, 0.6) is 0 Å². The molecule has 0 fully saturated rings. The highest BCUT2D eigenvalue weighted by Gasteiger charge is 2.02. The second kappa shape index (κ2) is 10.4. The van der Waals surface area contributed by atoms with Crippen LogP contribution >= 0.6 is 0 Å². The first kappa shape index (κ1) is 17.7. The van der Waals surface area contributed by atoms with Gasteiger partial charge < -0.3 is 10.1 Å². The van der Waals surface area contributed by atoms with Gasteiger partial charge in [0, 0.05) is 26.2 Å². The highest BCUT2D eigenvalue weighted by molar-refractivity contribution is 5.76. The van der Waals surface area contributed by atoms with Crippen LogP contribution in [0.25, 0.3) is 0 Å². The summed E-state index contributed by atoms with van der Waals surface area (Å²) in [5.41, 5.74) is 2.56. The Kier molecular flexibility index (Phi) is 8.76. The van der Waals surface area contributed by atoms with Crippen molar-refractivity contribution in [3.8, 4) is 0 Å². The topological polar surface area (TPSA) is 38.3 Å². The lowest BCUT2D eigenvalue weighted by atomic mass is 10.1. The fourth-order valence-corrected chi connectivity index (χ4v) is 2.01. The van der Waals surface area contributed by atoms with E-state index in [1.54, 1.807) is 0 Å². The van der Waals surface area contributed by atoms with Crippen molar-refractivity contribution in [1.29, 1.82) is 0 Å². The lowest BCUT2D eigenvalue weighted by Gasteiger charge is -2.08. The van der Waals surface area contributed by atoms with E-state index in [4.69, 9.17) is 4.74 Å². The van der Waals surface area contributed by atoms with Crippen LogP contribution in [0.2, 0.25) is 0 Å². The van der Waals surface area contributed by atoms with E-state index in [2.05, 4.69) is 50.4 Å². The Morgan fingerprint density at radius 2 is 1.86 bits per heavy atom. The van der Waals surface area contributed by atoms with Crippen LogP contribution in [0.1, 0.15) is 44.7 Å². The summed E-state index contributed by atoms with van der Waals surface area (Å²) in [6, 6.07) is 8.51. The van der Waals surface area contributed by atoms with Crippen molar-refractivity contribution in [2.75, 3.05) is 19.8 Å². The first-order valence-corrected chi connectivity index (χ1v) is 8.04. The third-order valence-corrected chi connectivity index (χ3v) is 3.31. The number of carbonyl (C=O) groups excluding carboxylic acids is 1. The van der Waals surface area contributed by atoms with E-state index in [1.807, 2.05) is 0 Å². The van der Waals surface area contributed by atoms with Crippen molar-refractivity contribution in [1.82, 2.24) is 5.32 Å². The predicted molar refractivity (Wildman–Crippen MR) is 87.4 cm³/mol. The SMILES string of the molecule is CCc1ccc(CCC(=O)NCCCOCC(C)C)cc1. The van der Waals surface area contributed by atoms with Gasteiger partial charge in [-0.15, -0.1) is 0 Å². The maximum Gasteiger partial charge on any atom is 0.220 e. The molecule has 0 aliphatic heterocycles. The van der Waals surface area contributed by atoms with Gasteiger partial charge in [-0.05, 0) is 36.3 Å². The Balaban J connectivity index is 2.08. The lowest BCUT2D eigenvalue weighted by molar-refractivity contribution is -0.121. The van der Waals surface area contributed by atoms with E-state index < -0.39 is 0 Å². The van der Waals surface area contributed by atoms with Gasteiger partial charge in [-0.1, -0.05) is 45.0 Å². The maximum absolute atomic E-state index is 11.7. The van der Waals surface area contributed by atoms with Crippen molar-refractivity contribution in [2.45, 2.75) is 46.5 Å². The molecule has 0 aliphatic carbocycles. The summed E-state index contributed by atoms with van der Waals surface area (Å²) in [6.07, 6.45) is 3.29. The van der Waals surface area contributed by atoms with Gasteiger partial charge in [0.15, 0.2) is 0 Å². The average molecular weight is 291 g/mol. The molecule has 1 amide bonds. The molecule has 0 bridgehead atoms. The Bertz CT molecular complexity index is 398. The number of ether oxygens (including phenoxy) is 1. The second-order valence-corrected chi connectivity index (χ2v) is 5.84. The molecule has 0 heterocycles. The number of hydrogen-bond acceptors (Lipinski definition) is 2. The zero-order valence-corrected chi connectivity index (χ0v) is 13.7. The summed E-state index contributed by atoms with van der Waals surface area (Å²) in [6.45, 7) is 8.63. The molecule has 0 aromatic heterocycles. The molecule has 0 atom stereocenters. The van der Waals surface area contributed by atoms with Gasteiger partial charge in [-0.25, -0.2) is 0 Å². The zero-order chi connectivity index (χ0) is 15.5. The van der Waals surface area contributed by atoms with Crippen molar-refractivity contribution in [3.05, 3.63) is 35.4 Å². The average Bonchev–Trinajstić information content (AvgIpc) is 2.49. The number of hydrogen-bond donors (Lipinski definition) is 1. The fraction of sp³-hybridized carbons (Fsp3) is 0.611. The fourth-order valence-electron chi connectivity index (χ4n) is 2.01. The second-order valence-electron chi connectivity index (χ2n) is 5.84. The number of rotatable bonds is 10. The van der Waals surface area contributed by atoms with Crippen LogP contribution in [-0.2, 0) is 22.4 Å². The Hall–Kier alpha value is -1.35. The molecule has 0 radical (unpaired) electrons. The molecule has 0 aliphatic rings. The molecule has 1 rings (SSSR count). The van der Waals surface area contributed by atoms with E-state index in [0.29, 0.717) is 18.9 Å². The molecule has 0 saturated heterocycles. The van der Waals surface area contributed by atoms with Gasteiger partial charge in [-0.2, -0.15) is 0 Å². The third-order valence-electron chi connectivity index (χ3n) is 3.31. The largest absolute Gasteiger partial charge is 0.381 e. The van der Waals surface area contributed by atoms with E-state index in [0.717, 1.165) is 32.5 Å². The molecule has 1 aromatic carbocycles. The molecule has 3 nitrogen and oxygen atoms in total. The number of aryl methyl sites for hydroxylation is 2. The normalized spacial score (nSPS) is 10.9. The third kappa shape index (κ3) is 8.51. The van der Waals surface area contributed by atoms with Crippen molar-refractivity contribution in [3.63, 3.8) is 0 Å². The molecule has 1 aromatic rings. The van der Waals surface area contributed by atoms with E-state index >= 15 is 0 Å². The lowest BCUT2D eigenvalue weighted by Crippen LogP contribution is -2.25. The Labute approximate surface area is 129 Å². The predicted octanol–water partition coefficient (Wildman–Crippen LogP) is 3.36. The van der Waals surface area contributed by atoms with E-state index in [9.17, 15) is 4.79 Å². The van der Waals surface area contributed by atoms with Crippen LogP contribution in [0, 0.1) is 5.92 Å². The van der Waals surface area contributed by atoms with Gasteiger partial charge >= 0.3 is 0 Å². The van der Waals surface area contributed by atoms with Gasteiger partial charge in [0.05, 0.1) is 0 Å². The molecule has 0 unspecified atom stereocenters. The molecule has 3 heteroatoms. The minimum absolute atomic E-state index is 0.124. The molecular formula is C18H29NO2. The number of carbonyl (C=O) groups is 1. The molecule has 1 N–H and O–H groups in total. The monoisotopic (exact) mass is 291 g/mol. The Morgan fingerprint density at radius 3 is 2.48 bits per heavy atom. The highest BCUT2D eigenvalue weighted by Crippen LogP contribution is 2.07. The molecule has 118 valence electrons. The van der Waals surface area contributed by atoms with Gasteiger partial charge in [0.25, 0.3) is 0 Å². The molecule has 0 saturated carbocycles. The summed E-state index contributed by atoms with van der Waals surface area (Å²) in [5, 5.41) is 2.94. The summed E-state index contributed by atoms with van der Waals surface area (Å²) in [7, 11) is 0. The minimum Gasteiger partial charge on any atom is -0.381 e. The summed E-state index contributed by atoms with van der Waals surface area (Å²) in [5.74, 6) is 0.692. The summed E-state index contributed by atoms with van der Waals surface area (Å²) < 4.78 is 5.48. The molecule has 0 spiro atoms. The standard InChI is InChI=1S/C18H29NO2/c1-4-16-6-8-17(9-7-16)10-11-18(20)19-12-5-13-21-14-15(2)3/h6-9,15H,4-5,10-14H2,1-3H3,(H,19,20). The molecular weight excluding hydrogens is 262 g/mol. The van der Waals surface area contributed by atoms with Crippen molar-refractivity contribution < 1.29 is 9.53 Å². The number of amides is 1. The first-order chi connectivity index (χ1) is 10.1. The van der Waals surface area contributed by atoms with Gasteiger partial charge in [0.2, 0.25) is 5.91 Å². The first-order valence-electron chi connectivity index (χ1n) is 8.04. The Morgan fingerprint density at radius 1 is 1.19 bits per heavy atom. The van der Waals surface area contributed by atoms with Crippen molar-refractivity contribution >= 4 is 5.91 Å². The smallest absolute Gasteiger partial charge is 0.220 e. The van der Waals surface area contributed by atoms with Crippen LogP contribution in [0.15, 0.2) is 24.3 Å². The molecule has 21 heavy (non-hydrogen) atoms. The quantitative estimate of drug-likeness (QED) is 0.671. The highest BCUT2D eigenvalue weighted by atomic mass is 16.5. The summed E-state index contributed by atoms with van der Waals surface area (Å²) >= 11 is 0. The van der Waals surface area contributed by atoms with Crippen LogP contribution < -0.4 is 5.32 Å². The summed E-state index contributed by atoms with van der Waals surface area (Å²) in [4.78, 5) is 11.7. The zero-order valence-electron chi connectivity index (χ0n) is 13.7. The minimum atomic E-state index is 0.124. The van der Waals surface area contributed by atoms with E-state index in [-0.39, 0.29) is 5.91 Å². The van der Waals surface area contributed by atoms with Crippen LogP contribution in [0.4, 0.5) is 0 Å². The van der Waals surface area contributed by atoms with E-state index in [1.165, 1.54) is 11.1 Å². The van der Waals surface area contributed by atoms with Crippen LogP contribution in [-0.4, -0.2) is 25.7 Å². The number of benzene rings is 1. The van der Waals surface area contributed by atoms with Gasteiger partial charge in [0.1, 0.15) is 0 Å². The van der Waals surface area contributed by atoms with Crippen molar-refractivity contribution in [2.24, 2.45) is 5.92 Å². The number of nitrogens with one attached hydrogen (secondary N) is 1.